The lowest BCUT2D eigenvalue weighted by atomic mass is 9.71. The first-order valence-corrected chi connectivity index (χ1v) is 14.1. The first-order valence-electron chi connectivity index (χ1n) is 14.1. The number of rotatable bonds is 7. The molecule has 0 unspecified atom stereocenters. The summed E-state index contributed by atoms with van der Waals surface area (Å²) in [4.78, 5) is 40.7. The number of nitrogens with zero attached hydrogens (tertiary/aromatic N) is 4. The van der Waals surface area contributed by atoms with Gasteiger partial charge in [-0.15, -0.1) is 0 Å². The fraction of sp³-hybridized carbons (Fsp3) is 0.467. The largest absolute Gasteiger partial charge is 0.508 e. The first-order chi connectivity index (χ1) is 19.8. The number of benzene rings is 2. The molecule has 3 aromatic rings. The molecule has 0 bridgehead atoms. The molecule has 2 fully saturated rings. The molecule has 1 aromatic heterocycles. The first kappa shape index (κ1) is 29.2. The van der Waals surface area contributed by atoms with E-state index in [1.54, 1.807) is 24.8 Å². The van der Waals surface area contributed by atoms with Crippen LogP contribution in [0.4, 0.5) is 4.79 Å². The smallest absolute Gasteiger partial charge is 0.405 e. The summed E-state index contributed by atoms with van der Waals surface area (Å²) >= 11 is 0. The number of hydrogen-bond acceptors (Lipinski definition) is 8. The van der Waals surface area contributed by atoms with E-state index in [-0.39, 0.29) is 34.6 Å². The van der Waals surface area contributed by atoms with E-state index in [2.05, 4.69) is 15.1 Å². The molecule has 0 radical (unpaired) electrons. The Morgan fingerprint density at radius 1 is 1.10 bits per heavy atom. The minimum absolute atomic E-state index is 0.00756. The number of ether oxygens (including phenoxy) is 1. The number of likely N-dealkylation sites (tertiary alicyclic amines) is 2. The van der Waals surface area contributed by atoms with Crippen LogP contribution in [0.2, 0.25) is 0 Å². The number of nitrogens with two attached hydrogens (primary N) is 1. The SMILES string of the molecule is CC(C)c1cc(-c2n[nH]c(=O)n2-c2ccc(CN3CCC4(CC3)CN(C(=O)C(C)(C)OC(N)=O)C4)cc2)c(O)cc1O. The summed E-state index contributed by atoms with van der Waals surface area (Å²) in [6.07, 6.45) is 0.974. The number of aromatic nitrogens is 3. The molecule has 224 valence electrons. The van der Waals surface area contributed by atoms with E-state index < -0.39 is 17.4 Å². The number of H-pyrrole nitrogens is 1. The second-order valence-electron chi connectivity index (χ2n) is 12.3. The van der Waals surface area contributed by atoms with Gasteiger partial charge in [-0.05, 0) is 75.0 Å². The van der Waals surface area contributed by atoms with E-state index in [0.29, 0.717) is 29.9 Å². The average molecular weight is 579 g/mol. The maximum absolute atomic E-state index is 12.8. The lowest BCUT2D eigenvalue weighted by Gasteiger charge is -2.55. The monoisotopic (exact) mass is 578 g/mol. The van der Waals surface area contributed by atoms with Crippen LogP contribution in [-0.4, -0.2) is 78.6 Å². The zero-order valence-corrected chi connectivity index (χ0v) is 24.4. The average Bonchev–Trinajstić information content (AvgIpc) is 3.28. The molecule has 2 saturated heterocycles. The summed E-state index contributed by atoms with van der Waals surface area (Å²) in [5, 5.41) is 27.4. The van der Waals surface area contributed by atoms with Crippen molar-refractivity contribution in [3.63, 3.8) is 0 Å². The van der Waals surface area contributed by atoms with Crippen molar-refractivity contribution in [1.82, 2.24) is 24.6 Å². The molecule has 0 aliphatic carbocycles. The van der Waals surface area contributed by atoms with Crippen LogP contribution >= 0.6 is 0 Å². The van der Waals surface area contributed by atoms with Gasteiger partial charge in [0.15, 0.2) is 11.4 Å². The number of aromatic hydroxyl groups is 2. The summed E-state index contributed by atoms with van der Waals surface area (Å²) in [7, 11) is 0. The Morgan fingerprint density at radius 3 is 2.33 bits per heavy atom. The number of carbonyl (C=O) groups is 2. The quantitative estimate of drug-likeness (QED) is 0.332. The minimum Gasteiger partial charge on any atom is -0.508 e. The highest BCUT2D eigenvalue weighted by atomic mass is 16.6. The molecule has 1 spiro atoms. The molecule has 42 heavy (non-hydrogen) atoms. The van der Waals surface area contributed by atoms with Crippen molar-refractivity contribution in [2.75, 3.05) is 26.2 Å². The molecular weight excluding hydrogens is 540 g/mol. The number of nitrogens with one attached hydrogen (secondary N) is 1. The number of phenolic OH excluding ortho intramolecular Hbond substituents is 2. The van der Waals surface area contributed by atoms with Crippen LogP contribution < -0.4 is 11.4 Å². The molecule has 12 heteroatoms. The Bertz CT molecular complexity index is 1540. The predicted molar refractivity (Wildman–Crippen MR) is 155 cm³/mol. The van der Waals surface area contributed by atoms with Crippen molar-refractivity contribution in [3.8, 4) is 28.6 Å². The number of aromatic amines is 1. The number of primary amides is 1. The second-order valence-corrected chi connectivity index (χ2v) is 12.3. The van der Waals surface area contributed by atoms with Gasteiger partial charge in [-0.3, -0.25) is 9.69 Å². The summed E-state index contributed by atoms with van der Waals surface area (Å²) in [6, 6.07) is 10.6. The van der Waals surface area contributed by atoms with Gasteiger partial charge in [0.1, 0.15) is 11.5 Å². The zero-order valence-electron chi connectivity index (χ0n) is 24.4. The molecule has 0 atom stereocenters. The molecule has 0 saturated carbocycles. The molecule has 2 aromatic carbocycles. The lowest BCUT2D eigenvalue weighted by molar-refractivity contribution is -0.163. The van der Waals surface area contributed by atoms with Crippen molar-refractivity contribution in [3.05, 3.63) is 58.0 Å². The fourth-order valence-corrected chi connectivity index (χ4v) is 6.05. The molecular formula is C30H38N6O6. The van der Waals surface area contributed by atoms with Gasteiger partial charge in [0.2, 0.25) is 0 Å². The second kappa shape index (κ2) is 10.8. The van der Waals surface area contributed by atoms with Gasteiger partial charge in [-0.25, -0.2) is 19.3 Å². The maximum atomic E-state index is 12.8. The van der Waals surface area contributed by atoms with Gasteiger partial charge in [0.25, 0.3) is 5.91 Å². The van der Waals surface area contributed by atoms with E-state index in [4.69, 9.17) is 10.5 Å². The van der Waals surface area contributed by atoms with Gasteiger partial charge in [-0.2, -0.15) is 5.10 Å². The van der Waals surface area contributed by atoms with Crippen LogP contribution in [0.3, 0.4) is 0 Å². The Hall–Kier alpha value is -4.32. The normalized spacial score (nSPS) is 16.9. The Labute approximate surface area is 243 Å². The molecule has 5 rings (SSSR count). The van der Waals surface area contributed by atoms with Gasteiger partial charge >= 0.3 is 11.8 Å². The van der Waals surface area contributed by atoms with Crippen molar-refractivity contribution >= 4 is 12.0 Å². The summed E-state index contributed by atoms with van der Waals surface area (Å²) in [6.45, 7) is 10.8. The van der Waals surface area contributed by atoms with E-state index >= 15 is 0 Å². The number of amides is 2. The predicted octanol–water partition coefficient (Wildman–Crippen LogP) is 3.06. The van der Waals surface area contributed by atoms with Crippen LogP contribution in [0.15, 0.2) is 41.2 Å². The Morgan fingerprint density at radius 2 is 1.74 bits per heavy atom. The van der Waals surface area contributed by atoms with E-state index in [1.807, 2.05) is 38.1 Å². The van der Waals surface area contributed by atoms with E-state index in [9.17, 15) is 24.6 Å². The maximum Gasteiger partial charge on any atom is 0.405 e. The van der Waals surface area contributed by atoms with Gasteiger partial charge < -0.3 is 25.6 Å². The molecule has 2 aliphatic heterocycles. The third-order valence-corrected chi connectivity index (χ3v) is 8.41. The van der Waals surface area contributed by atoms with E-state index in [1.165, 1.54) is 10.6 Å². The molecule has 2 amide bonds. The minimum atomic E-state index is -1.27. The standard InChI is InChI=1S/C30H38N6O6/c1-18(2)21-13-22(24(38)14-23(21)37)25-32-33-28(41)36(25)20-7-5-19(6-8-20)15-34-11-9-30(10-12-34)16-35(17-30)26(39)29(3,4)42-27(31)40/h5-8,13-14,18,37-38H,9-12,15-17H2,1-4H3,(H2,31,40)(H,33,41). The number of carbonyl (C=O) groups excluding carboxylic acids is 2. The molecule has 12 nitrogen and oxygen atoms in total. The highest BCUT2D eigenvalue weighted by molar-refractivity contribution is 5.87. The highest BCUT2D eigenvalue weighted by Gasteiger charge is 2.50. The zero-order chi connectivity index (χ0) is 30.4. The number of piperidine rings is 1. The molecule has 5 N–H and O–H groups in total. The van der Waals surface area contributed by atoms with Crippen molar-refractivity contribution in [2.45, 2.75) is 58.6 Å². The Balaban J connectivity index is 1.22. The van der Waals surface area contributed by atoms with Gasteiger partial charge in [0, 0.05) is 31.1 Å². The summed E-state index contributed by atoms with van der Waals surface area (Å²) in [5.41, 5.74) is 6.18. The van der Waals surface area contributed by atoms with Crippen LogP contribution in [-0.2, 0) is 16.1 Å². The van der Waals surface area contributed by atoms with Gasteiger partial charge in [0.05, 0.1) is 11.3 Å². The number of hydrogen-bond donors (Lipinski definition) is 4. The summed E-state index contributed by atoms with van der Waals surface area (Å²) < 4.78 is 6.41. The van der Waals surface area contributed by atoms with Crippen LogP contribution in [0, 0.1) is 5.41 Å². The Kier molecular flexibility index (Phi) is 7.52. The van der Waals surface area contributed by atoms with Crippen molar-refractivity contribution in [1.29, 1.82) is 0 Å². The lowest BCUT2D eigenvalue weighted by Crippen LogP contribution is -2.65. The molecule has 2 aliphatic rings. The van der Waals surface area contributed by atoms with Gasteiger partial charge in [-0.1, -0.05) is 26.0 Å². The van der Waals surface area contributed by atoms with Crippen LogP contribution in [0.1, 0.15) is 57.6 Å². The van der Waals surface area contributed by atoms with Crippen molar-refractivity contribution in [2.24, 2.45) is 11.1 Å². The van der Waals surface area contributed by atoms with Crippen LogP contribution in [0.25, 0.3) is 17.1 Å². The third-order valence-electron chi connectivity index (χ3n) is 8.41. The number of phenols is 2. The summed E-state index contributed by atoms with van der Waals surface area (Å²) in [5.74, 6) is -0.140. The fourth-order valence-electron chi connectivity index (χ4n) is 6.05. The topological polar surface area (TPSA) is 167 Å². The third kappa shape index (κ3) is 5.58. The van der Waals surface area contributed by atoms with Crippen molar-refractivity contribution < 1.29 is 24.5 Å². The highest BCUT2D eigenvalue weighted by Crippen LogP contribution is 2.42. The van der Waals surface area contributed by atoms with Crippen LogP contribution in [0.5, 0.6) is 11.5 Å². The molecule has 3 heterocycles. The van der Waals surface area contributed by atoms with E-state index in [0.717, 1.165) is 38.0 Å².